The molecule has 6 heteroatoms. The van der Waals surface area contributed by atoms with Gasteiger partial charge in [-0.2, -0.15) is 0 Å². The number of nitrogens with zero attached hydrogens (tertiary/aromatic N) is 3. The maximum Gasteiger partial charge on any atom is 0.159 e. The van der Waals surface area contributed by atoms with Crippen molar-refractivity contribution in [1.29, 1.82) is 0 Å². The van der Waals surface area contributed by atoms with Gasteiger partial charge in [-0.05, 0) is 22.4 Å². The highest BCUT2D eigenvalue weighted by Crippen LogP contribution is 2.28. The number of unbranched alkanes of at least 4 members (excludes halogenated alkanes) is 2. The van der Waals surface area contributed by atoms with Gasteiger partial charge in [0.15, 0.2) is 5.82 Å². The van der Waals surface area contributed by atoms with E-state index in [0.717, 1.165) is 23.3 Å². The standard InChI is InChI=1S/C10H18BrN5/c1-3-4-5-6-16(2)10-8(11)9(15-12)13-7-14-10/h7H,3-6,12H2,1-2H3,(H,13,14,15). The van der Waals surface area contributed by atoms with Crippen LogP contribution in [0.4, 0.5) is 11.6 Å². The average Bonchev–Trinajstić information content (AvgIpc) is 2.29. The second-order valence-electron chi connectivity index (χ2n) is 3.63. The van der Waals surface area contributed by atoms with Gasteiger partial charge in [-0.3, -0.25) is 0 Å². The van der Waals surface area contributed by atoms with Crippen LogP contribution in [0, 0.1) is 0 Å². The highest BCUT2D eigenvalue weighted by Gasteiger charge is 2.11. The lowest BCUT2D eigenvalue weighted by atomic mass is 10.2. The third-order valence-corrected chi connectivity index (χ3v) is 3.10. The number of anilines is 2. The van der Waals surface area contributed by atoms with Gasteiger partial charge >= 0.3 is 0 Å². The van der Waals surface area contributed by atoms with Gasteiger partial charge in [0.1, 0.15) is 16.6 Å². The van der Waals surface area contributed by atoms with Crippen LogP contribution in [-0.4, -0.2) is 23.6 Å². The van der Waals surface area contributed by atoms with E-state index in [9.17, 15) is 0 Å². The van der Waals surface area contributed by atoms with Gasteiger partial charge in [-0.25, -0.2) is 15.8 Å². The van der Waals surface area contributed by atoms with Crippen molar-refractivity contribution in [2.24, 2.45) is 5.84 Å². The highest BCUT2D eigenvalue weighted by molar-refractivity contribution is 9.10. The molecule has 0 bridgehead atoms. The van der Waals surface area contributed by atoms with Crippen LogP contribution in [-0.2, 0) is 0 Å². The van der Waals surface area contributed by atoms with E-state index in [-0.39, 0.29) is 0 Å². The Balaban J connectivity index is 2.71. The van der Waals surface area contributed by atoms with E-state index in [2.05, 4.69) is 43.1 Å². The molecule has 0 spiro atoms. The first kappa shape index (κ1) is 13.2. The number of hydrogen-bond donors (Lipinski definition) is 2. The number of halogens is 1. The zero-order valence-electron chi connectivity index (χ0n) is 9.70. The van der Waals surface area contributed by atoms with E-state index in [0.29, 0.717) is 5.82 Å². The minimum Gasteiger partial charge on any atom is -0.359 e. The fourth-order valence-corrected chi connectivity index (χ4v) is 2.05. The molecule has 0 saturated carbocycles. The van der Waals surface area contributed by atoms with Crippen LogP contribution in [0.5, 0.6) is 0 Å². The molecule has 3 N–H and O–H groups in total. The van der Waals surface area contributed by atoms with Crippen molar-refractivity contribution >= 4 is 27.6 Å². The molecule has 0 fully saturated rings. The Hall–Kier alpha value is -0.880. The molecule has 1 aromatic heterocycles. The van der Waals surface area contributed by atoms with Gasteiger partial charge in [0.25, 0.3) is 0 Å². The number of nitrogens with two attached hydrogens (primary N) is 1. The summed E-state index contributed by atoms with van der Waals surface area (Å²) in [5, 5.41) is 0. The summed E-state index contributed by atoms with van der Waals surface area (Å²) in [6.07, 6.45) is 5.11. The Kier molecular flexibility index (Phi) is 5.48. The van der Waals surface area contributed by atoms with Gasteiger partial charge in [0.2, 0.25) is 0 Å². The lowest BCUT2D eigenvalue weighted by Gasteiger charge is -2.19. The number of nitrogens with one attached hydrogen (secondary N) is 1. The molecule has 0 aliphatic heterocycles. The van der Waals surface area contributed by atoms with Crippen molar-refractivity contribution in [1.82, 2.24) is 9.97 Å². The quantitative estimate of drug-likeness (QED) is 0.477. The second-order valence-corrected chi connectivity index (χ2v) is 4.43. The van der Waals surface area contributed by atoms with E-state index in [1.165, 1.54) is 19.2 Å². The third-order valence-electron chi connectivity index (χ3n) is 2.37. The molecule has 0 radical (unpaired) electrons. The van der Waals surface area contributed by atoms with Gasteiger partial charge in [0.05, 0.1) is 0 Å². The molecule has 16 heavy (non-hydrogen) atoms. The summed E-state index contributed by atoms with van der Waals surface area (Å²) in [7, 11) is 2.02. The van der Waals surface area contributed by atoms with Crippen LogP contribution in [0.1, 0.15) is 26.2 Å². The smallest absolute Gasteiger partial charge is 0.159 e. The van der Waals surface area contributed by atoms with E-state index in [4.69, 9.17) is 5.84 Å². The topological polar surface area (TPSA) is 67.1 Å². The molecular formula is C10H18BrN5. The number of hydrazine groups is 1. The predicted molar refractivity (Wildman–Crippen MR) is 70.3 cm³/mol. The Bertz CT molecular complexity index is 331. The third kappa shape index (κ3) is 3.31. The van der Waals surface area contributed by atoms with Crippen molar-refractivity contribution in [3.63, 3.8) is 0 Å². The first-order chi connectivity index (χ1) is 7.70. The number of hydrogen-bond acceptors (Lipinski definition) is 5. The first-order valence-corrected chi connectivity index (χ1v) is 6.18. The predicted octanol–water partition coefficient (Wildman–Crippen LogP) is 2.15. The average molecular weight is 288 g/mol. The minimum absolute atomic E-state index is 0.604. The molecule has 0 aromatic carbocycles. The monoisotopic (exact) mass is 287 g/mol. The first-order valence-electron chi connectivity index (χ1n) is 5.39. The lowest BCUT2D eigenvalue weighted by molar-refractivity contribution is 0.700. The molecular weight excluding hydrogens is 270 g/mol. The molecule has 0 aliphatic rings. The maximum absolute atomic E-state index is 5.35. The van der Waals surface area contributed by atoms with Gasteiger partial charge in [0, 0.05) is 13.6 Å². The summed E-state index contributed by atoms with van der Waals surface area (Å²) >= 11 is 3.44. The summed E-state index contributed by atoms with van der Waals surface area (Å²) in [4.78, 5) is 10.4. The lowest BCUT2D eigenvalue weighted by Crippen LogP contribution is -2.21. The van der Waals surface area contributed by atoms with Crippen LogP contribution in [0.2, 0.25) is 0 Å². The minimum atomic E-state index is 0.604. The molecule has 1 aromatic rings. The van der Waals surface area contributed by atoms with Crippen molar-refractivity contribution in [2.75, 3.05) is 23.9 Å². The molecule has 90 valence electrons. The van der Waals surface area contributed by atoms with Gasteiger partial charge in [-0.15, -0.1) is 0 Å². The van der Waals surface area contributed by atoms with E-state index in [1.54, 1.807) is 0 Å². The van der Waals surface area contributed by atoms with Gasteiger partial charge in [-0.1, -0.05) is 19.8 Å². The van der Waals surface area contributed by atoms with Crippen LogP contribution in [0.15, 0.2) is 10.8 Å². The SMILES string of the molecule is CCCCCN(C)c1ncnc(NN)c1Br. The normalized spacial score (nSPS) is 10.2. The van der Waals surface area contributed by atoms with Crippen LogP contribution in [0.25, 0.3) is 0 Å². The Morgan fingerprint density at radius 2 is 2.19 bits per heavy atom. The van der Waals surface area contributed by atoms with Crippen molar-refractivity contribution in [3.05, 3.63) is 10.8 Å². The van der Waals surface area contributed by atoms with E-state index < -0.39 is 0 Å². The zero-order chi connectivity index (χ0) is 12.0. The van der Waals surface area contributed by atoms with Crippen LogP contribution in [0.3, 0.4) is 0 Å². The van der Waals surface area contributed by atoms with Crippen molar-refractivity contribution in [3.8, 4) is 0 Å². The molecule has 0 atom stereocenters. The molecule has 0 aliphatic carbocycles. The van der Waals surface area contributed by atoms with Crippen LogP contribution >= 0.6 is 15.9 Å². The molecule has 0 unspecified atom stereocenters. The highest BCUT2D eigenvalue weighted by atomic mass is 79.9. The van der Waals surface area contributed by atoms with Crippen molar-refractivity contribution < 1.29 is 0 Å². The summed E-state index contributed by atoms with van der Waals surface area (Å²) in [6.45, 7) is 3.17. The summed E-state index contributed by atoms with van der Waals surface area (Å²) in [5.41, 5.74) is 2.53. The Labute approximate surface area is 105 Å². The number of rotatable bonds is 6. The Morgan fingerprint density at radius 3 is 2.81 bits per heavy atom. The van der Waals surface area contributed by atoms with E-state index in [1.807, 2.05) is 7.05 Å². The Morgan fingerprint density at radius 1 is 1.44 bits per heavy atom. The fraction of sp³-hybridized carbons (Fsp3) is 0.600. The largest absolute Gasteiger partial charge is 0.359 e. The van der Waals surface area contributed by atoms with E-state index >= 15 is 0 Å². The van der Waals surface area contributed by atoms with Crippen molar-refractivity contribution in [2.45, 2.75) is 26.2 Å². The molecule has 1 heterocycles. The molecule has 0 saturated heterocycles. The molecule has 1 rings (SSSR count). The van der Waals surface area contributed by atoms with Gasteiger partial charge < -0.3 is 10.3 Å². The number of nitrogen functional groups attached to an aromatic ring is 1. The summed E-state index contributed by atoms with van der Waals surface area (Å²) in [5.74, 6) is 6.82. The number of aromatic nitrogens is 2. The van der Waals surface area contributed by atoms with Crippen LogP contribution < -0.4 is 16.2 Å². The fourth-order valence-electron chi connectivity index (χ4n) is 1.43. The second kappa shape index (κ2) is 6.65. The maximum atomic E-state index is 5.35. The molecule has 0 amide bonds. The summed E-state index contributed by atoms with van der Waals surface area (Å²) in [6, 6.07) is 0. The zero-order valence-corrected chi connectivity index (χ0v) is 11.3. The molecule has 5 nitrogen and oxygen atoms in total. The summed E-state index contributed by atoms with van der Waals surface area (Å²) < 4.78 is 0.802.